The quantitative estimate of drug-likeness (QED) is 0.872. The van der Waals surface area contributed by atoms with Gasteiger partial charge in [-0.2, -0.15) is 0 Å². The van der Waals surface area contributed by atoms with Crippen LogP contribution in [0.25, 0.3) is 0 Å². The molecule has 0 saturated carbocycles. The molecule has 0 aliphatic carbocycles. The maximum atomic E-state index is 13.5. The summed E-state index contributed by atoms with van der Waals surface area (Å²) in [7, 11) is 3.30. The molecule has 1 N–H and O–H groups in total. The molecule has 0 saturated heterocycles. The number of benzene rings is 1. The zero-order chi connectivity index (χ0) is 16.0. The maximum Gasteiger partial charge on any atom is 0.244 e. The van der Waals surface area contributed by atoms with Crippen molar-refractivity contribution >= 4 is 11.8 Å². The van der Waals surface area contributed by atoms with Crippen molar-refractivity contribution < 1.29 is 14.0 Å². The highest BCUT2D eigenvalue weighted by atomic mass is 19.1. The van der Waals surface area contributed by atoms with E-state index in [4.69, 9.17) is 0 Å². The zero-order valence-electron chi connectivity index (χ0n) is 13.0. The average Bonchev–Trinajstić information content (AvgIpc) is 2.39. The summed E-state index contributed by atoms with van der Waals surface area (Å²) in [6, 6.07) is 5.58. The molecule has 0 aromatic heterocycles. The second kappa shape index (κ2) is 7.76. The zero-order valence-corrected chi connectivity index (χ0v) is 13.0. The van der Waals surface area contributed by atoms with E-state index in [-0.39, 0.29) is 24.2 Å². The van der Waals surface area contributed by atoms with Gasteiger partial charge in [-0.1, -0.05) is 32.0 Å². The summed E-state index contributed by atoms with van der Waals surface area (Å²) in [5.41, 5.74) is 0.329. The Morgan fingerprint density at radius 3 is 2.38 bits per heavy atom. The van der Waals surface area contributed by atoms with Gasteiger partial charge in [0.25, 0.3) is 0 Å². The average molecular weight is 294 g/mol. The van der Waals surface area contributed by atoms with E-state index in [9.17, 15) is 14.0 Å². The number of halogens is 1. The minimum absolute atomic E-state index is 0.0675. The summed E-state index contributed by atoms with van der Waals surface area (Å²) in [5, 5.41) is 2.71. The van der Waals surface area contributed by atoms with Crippen molar-refractivity contribution in [3.8, 4) is 0 Å². The van der Waals surface area contributed by atoms with Crippen LogP contribution < -0.4 is 5.32 Å². The summed E-state index contributed by atoms with van der Waals surface area (Å²) in [4.78, 5) is 25.6. The first-order valence-corrected chi connectivity index (χ1v) is 7.05. The highest BCUT2D eigenvalue weighted by Crippen LogP contribution is 2.10. The third-order valence-electron chi connectivity index (χ3n) is 3.09. The van der Waals surface area contributed by atoms with E-state index in [1.54, 1.807) is 32.3 Å². The Morgan fingerprint density at radius 1 is 1.24 bits per heavy atom. The van der Waals surface area contributed by atoms with Crippen molar-refractivity contribution in [1.82, 2.24) is 10.2 Å². The topological polar surface area (TPSA) is 49.4 Å². The van der Waals surface area contributed by atoms with Crippen molar-refractivity contribution in [2.45, 2.75) is 32.7 Å². The molecule has 1 atom stereocenters. The van der Waals surface area contributed by atoms with Crippen LogP contribution in [0.3, 0.4) is 0 Å². The lowest BCUT2D eigenvalue weighted by atomic mass is 10.0. The van der Waals surface area contributed by atoms with E-state index >= 15 is 0 Å². The Bertz CT molecular complexity index is 501. The summed E-state index contributed by atoms with van der Waals surface area (Å²) in [5.74, 6) is -0.633. The highest BCUT2D eigenvalue weighted by Gasteiger charge is 2.23. The number of rotatable bonds is 6. The molecule has 21 heavy (non-hydrogen) atoms. The standard InChI is InChI=1S/C16H23FN2O2/c1-11(2)9-14(16(21)19(3)4)18-15(20)10-12-7-5-6-8-13(12)17/h5-8,11,14H,9-10H2,1-4H3,(H,18,20)/t14-/m0/s1. The van der Waals surface area contributed by atoms with E-state index in [1.807, 2.05) is 13.8 Å². The van der Waals surface area contributed by atoms with Crippen molar-refractivity contribution in [2.75, 3.05) is 14.1 Å². The van der Waals surface area contributed by atoms with Crippen LogP contribution >= 0.6 is 0 Å². The number of hydrogen-bond donors (Lipinski definition) is 1. The van der Waals surface area contributed by atoms with Crippen molar-refractivity contribution in [1.29, 1.82) is 0 Å². The van der Waals surface area contributed by atoms with E-state index in [0.717, 1.165) is 0 Å². The molecule has 0 radical (unpaired) electrons. The predicted octanol–water partition coefficient (Wildman–Crippen LogP) is 1.99. The summed E-state index contributed by atoms with van der Waals surface area (Å²) >= 11 is 0. The molecule has 0 fully saturated rings. The van der Waals surface area contributed by atoms with Crippen molar-refractivity contribution in [3.63, 3.8) is 0 Å². The fourth-order valence-electron chi connectivity index (χ4n) is 2.06. The number of nitrogens with one attached hydrogen (secondary N) is 1. The molecule has 0 aliphatic heterocycles. The summed E-state index contributed by atoms with van der Waals surface area (Å²) < 4.78 is 13.5. The molecule has 1 rings (SSSR count). The van der Waals surface area contributed by atoms with Crippen LogP contribution in [-0.2, 0) is 16.0 Å². The molecule has 0 bridgehead atoms. The smallest absolute Gasteiger partial charge is 0.244 e. The predicted molar refractivity (Wildman–Crippen MR) is 80.2 cm³/mol. The maximum absolute atomic E-state index is 13.5. The number of carbonyl (C=O) groups excluding carboxylic acids is 2. The molecule has 2 amide bonds. The fourth-order valence-corrected chi connectivity index (χ4v) is 2.06. The molecular weight excluding hydrogens is 271 g/mol. The van der Waals surface area contributed by atoms with E-state index < -0.39 is 11.9 Å². The van der Waals surface area contributed by atoms with E-state index in [1.165, 1.54) is 11.0 Å². The molecule has 0 heterocycles. The van der Waals surface area contributed by atoms with Crippen LogP contribution in [0.4, 0.5) is 4.39 Å². The lowest BCUT2D eigenvalue weighted by Gasteiger charge is -2.23. The van der Waals surface area contributed by atoms with Gasteiger partial charge in [0.05, 0.1) is 6.42 Å². The van der Waals surface area contributed by atoms with Gasteiger partial charge in [-0.25, -0.2) is 4.39 Å². The second-order valence-corrected chi connectivity index (χ2v) is 5.75. The Kier molecular flexibility index (Phi) is 6.34. The minimum Gasteiger partial charge on any atom is -0.347 e. The minimum atomic E-state index is -0.570. The number of likely N-dealkylation sites (N-methyl/N-ethyl adjacent to an activating group) is 1. The Labute approximate surface area is 125 Å². The monoisotopic (exact) mass is 294 g/mol. The van der Waals surface area contributed by atoms with Gasteiger partial charge in [0.1, 0.15) is 11.9 Å². The van der Waals surface area contributed by atoms with Crippen LogP contribution in [0.5, 0.6) is 0 Å². The molecule has 4 nitrogen and oxygen atoms in total. The lowest BCUT2D eigenvalue weighted by molar-refractivity contribution is -0.134. The van der Waals surface area contributed by atoms with Gasteiger partial charge in [-0.3, -0.25) is 9.59 Å². The first-order valence-electron chi connectivity index (χ1n) is 7.05. The third kappa shape index (κ3) is 5.53. The van der Waals surface area contributed by atoms with Crippen LogP contribution in [0.1, 0.15) is 25.8 Å². The van der Waals surface area contributed by atoms with Crippen LogP contribution in [0.15, 0.2) is 24.3 Å². The van der Waals surface area contributed by atoms with Gasteiger partial charge < -0.3 is 10.2 Å². The fraction of sp³-hybridized carbons (Fsp3) is 0.500. The van der Waals surface area contributed by atoms with E-state index in [2.05, 4.69) is 5.32 Å². The summed E-state index contributed by atoms with van der Waals surface area (Å²) in [6.45, 7) is 3.97. The summed E-state index contributed by atoms with van der Waals surface area (Å²) in [6.07, 6.45) is 0.488. The first-order chi connectivity index (χ1) is 9.81. The third-order valence-corrected chi connectivity index (χ3v) is 3.09. The van der Waals surface area contributed by atoms with Gasteiger partial charge in [-0.05, 0) is 24.0 Å². The Balaban J connectivity index is 2.72. The normalized spacial score (nSPS) is 12.1. The number of amides is 2. The molecule has 1 aromatic rings. The van der Waals surface area contributed by atoms with Crippen LogP contribution in [-0.4, -0.2) is 36.9 Å². The van der Waals surface area contributed by atoms with Crippen molar-refractivity contribution in [2.24, 2.45) is 5.92 Å². The van der Waals surface area contributed by atoms with Crippen molar-refractivity contribution in [3.05, 3.63) is 35.6 Å². The lowest BCUT2D eigenvalue weighted by Crippen LogP contribution is -2.47. The van der Waals surface area contributed by atoms with E-state index in [0.29, 0.717) is 12.0 Å². The molecule has 116 valence electrons. The highest BCUT2D eigenvalue weighted by molar-refractivity contribution is 5.88. The Morgan fingerprint density at radius 2 is 1.86 bits per heavy atom. The molecule has 0 spiro atoms. The molecule has 0 aliphatic rings. The van der Waals surface area contributed by atoms with Gasteiger partial charge in [0.2, 0.25) is 11.8 Å². The molecule has 0 unspecified atom stereocenters. The Hall–Kier alpha value is -1.91. The van der Waals surface area contributed by atoms with Gasteiger partial charge in [-0.15, -0.1) is 0 Å². The van der Waals surface area contributed by atoms with Crippen LogP contribution in [0.2, 0.25) is 0 Å². The number of nitrogens with zero attached hydrogens (tertiary/aromatic N) is 1. The van der Waals surface area contributed by atoms with Gasteiger partial charge in [0, 0.05) is 14.1 Å². The molecular formula is C16H23FN2O2. The largest absolute Gasteiger partial charge is 0.347 e. The SMILES string of the molecule is CC(C)C[C@H](NC(=O)Cc1ccccc1F)C(=O)N(C)C. The first kappa shape index (κ1) is 17.1. The molecule has 1 aromatic carbocycles. The second-order valence-electron chi connectivity index (χ2n) is 5.75. The molecule has 5 heteroatoms. The number of carbonyl (C=O) groups is 2. The van der Waals surface area contributed by atoms with Crippen LogP contribution in [0, 0.1) is 11.7 Å². The van der Waals surface area contributed by atoms with Gasteiger partial charge in [0.15, 0.2) is 0 Å². The number of hydrogen-bond acceptors (Lipinski definition) is 2. The van der Waals surface area contributed by atoms with Gasteiger partial charge >= 0.3 is 0 Å².